The van der Waals surface area contributed by atoms with Crippen LogP contribution in [0.15, 0.2) is 42.5 Å². The van der Waals surface area contributed by atoms with Gasteiger partial charge in [0.25, 0.3) is 11.8 Å². The molecule has 0 aromatic heterocycles. The van der Waals surface area contributed by atoms with Gasteiger partial charge < -0.3 is 4.74 Å². The summed E-state index contributed by atoms with van der Waals surface area (Å²) in [6.07, 6.45) is 1.05. The Hall–Kier alpha value is -2.37. The Morgan fingerprint density at radius 1 is 0.962 bits per heavy atom. The van der Waals surface area contributed by atoms with Crippen LogP contribution in [0.3, 0.4) is 0 Å². The molecular formula is C19H15Cl2NO4. The van der Waals surface area contributed by atoms with Crippen molar-refractivity contribution in [2.45, 2.75) is 12.8 Å². The van der Waals surface area contributed by atoms with Gasteiger partial charge in [-0.3, -0.25) is 14.5 Å². The van der Waals surface area contributed by atoms with Gasteiger partial charge in [0.2, 0.25) is 0 Å². The number of imide groups is 1. The fraction of sp³-hybridized carbons (Fsp3) is 0.211. The van der Waals surface area contributed by atoms with Crippen molar-refractivity contribution in [1.29, 1.82) is 0 Å². The van der Waals surface area contributed by atoms with E-state index in [1.165, 1.54) is 17.0 Å². The van der Waals surface area contributed by atoms with E-state index in [0.29, 0.717) is 29.0 Å². The highest BCUT2D eigenvalue weighted by Crippen LogP contribution is 2.23. The molecule has 0 unspecified atom stereocenters. The molecule has 1 aliphatic rings. The van der Waals surface area contributed by atoms with Crippen molar-refractivity contribution in [2.75, 3.05) is 13.2 Å². The summed E-state index contributed by atoms with van der Waals surface area (Å²) in [6, 6.07) is 11.3. The lowest BCUT2D eigenvalue weighted by atomic mass is 10.1. The normalized spacial score (nSPS) is 13.1. The third-order valence-corrected chi connectivity index (χ3v) is 4.59. The first-order chi connectivity index (χ1) is 12.5. The molecular weight excluding hydrogens is 377 g/mol. The second kappa shape index (κ2) is 7.89. The number of ether oxygens (including phenoxy) is 1. The van der Waals surface area contributed by atoms with Crippen molar-refractivity contribution < 1.29 is 19.1 Å². The van der Waals surface area contributed by atoms with Crippen LogP contribution < -0.4 is 0 Å². The van der Waals surface area contributed by atoms with Crippen molar-refractivity contribution in [1.82, 2.24) is 4.90 Å². The van der Waals surface area contributed by atoms with Crippen LogP contribution in [0.2, 0.25) is 10.0 Å². The largest absolute Gasteiger partial charge is 0.462 e. The van der Waals surface area contributed by atoms with Crippen LogP contribution in [0.5, 0.6) is 0 Å². The van der Waals surface area contributed by atoms with Gasteiger partial charge in [0.1, 0.15) is 0 Å². The quantitative estimate of drug-likeness (QED) is 0.419. The molecule has 5 nitrogen and oxygen atoms in total. The lowest BCUT2D eigenvalue weighted by Crippen LogP contribution is -2.30. The first-order valence-electron chi connectivity index (χ1n) is 8.06. The highest BCUT2D eigenvalue weighted by molar-refractivity contribution is 6.36. The van der Waals surface area contributed by atoms with E-state index in [4.69, 9.17) is 27.9 Å². The molecule has 0 aliphatic carbocycles. The number of benzene rings is 2. The number of esters is 1. The van der Waals surface area contributed by atoms with Gasteiger partial charge in [0, 0.05) is 11.6 Å². The Kier molecular flexibility index (Phi) is 5.59. The Morgan fingerprint density at radius 3 is 2.23 bits per heavy atom. The third kappa shape index (κ3) is 3.74. The van der Waals surface area contributed by atoms with E-state index in [-0.39, 0.29) is 35.6 Å². The monoisotopic (exact) mass is 391 g/mol. The van der Waals surface area contributed by atoms with E-state index in [9.17, 15) is 14.4 Å². The van der Waals surface area contributed by atoms with Crippen LogP contribution in [-0.2, 0) is 4.74 Å². The molecule has 0 N–H and O–H groups in total. The van der Waals surface area contributed by atoms with E-state index >= 15 is 0 Å². The maximum Gasteiger partial charge on any atom is 0.339 e. The number of fused-ring (bicyclic) bond motifs is 1. The Balaban J connectivity index is 1.46. The molecule has 2 aromatic rings. The molecule has 1 heterocycles. The minimum atomic E-state index is -0.535. The van der Waals surface area contributed by atoms with E-state index < -0.39 is 5.97 Å². The second-order valence-corrected chi connectivity index (χ2v) is 6.62. The molecule has 0 bridgehead atoms. The van der Waals surface area contributed by atoms with Gasteiger partial charge in [-0.05, 0) is 43.2 Å². The van der Waals surface area contributed by atoms with Crippen molar-refractivity contribution in [3.8, 4) is 0 Å². The zero-order valence-corrected chi connectivity index (χ0v) is 15.2. The summed E-state index contributed by atoms with van der Waals surface area (Å²) in [7, 11) is 0. The number of carbonyl (C=O) groups is 3. The number of rotatable bonds is 6. The van der Waals surface area contributed by atoms with Crippen LogP contribution in [-0.4, -0.2) is 35.8 Å². The molecule has 0 saturated heterocycles. The van der Waals surface area contributed by atoms with Crippen LogP contribution in [0.4, 0.5) is 0 Å². The summed E-state index contributed by atoms with van der Waals surface area (Å²) in [5.41, 5.74) is 1.11. The SMILES string of the molecule is O=C(OCCCCN1C(=O)c2ccccc2C1=O)c1ccc(Cl)cc1Cl. The van der Waals surface area contributed by atoms with Crippen molar-refractivity contribution in [3.05, 3.63) is 69.2 Å². The van der Waals surface area contributed by atoms with Crippen LogP contribution in [0, 0.1) is 0 Å². The minimum Gasteiger partial charge on any atom is -0.462 e. The van der Waals surface area contributed by atoms with Crippen molar-refractivity contribution in [3.63, 3.8) is 0 Å². The molecule has 7 heteroatoms. The Bertz CT molecular complexity index is 847. The van der Waals surface area contributed by atoms with E-state index in [0.717, 1.165) is 0 Å². The van der Waals surface area contributed by atoms with Gasteiger partial charge in [0.05, 0.1) is 28.3 Å². The molecule has 26 heavy (non-hydrogen) atoms. The maximum atomic E-state index is 12.2. The summed E-state index contributed by atoms with van der Waals surface area (Å²) in [5.74, 6) is -1.10. The van der Waals surface area contributed by atoms with Gasteiger partial charge in [-0.25, -0.2) is 4.79 Å². The second-order valence-electron chi connectivity index (χ2n) is 5.77. The summed E-state index contributed by atoms with van der Waals surface area (Å²) < 4.78 is 5.17. The van der Waals surface area contributed by atoms with Gasteiger partial charge in [0.15, 0.2) is 0 Å². The average Bonchev–Trinajstić information content (AvgIpc) is 2.86. The van der Waals surface area contributed by atoms with Gasteiger partial charge >= 0.3 is 5.97 Å². The smallest absolute Gasteiger partial charge is 0.339 e. The Labute approximate surface area is 160 Å². The summed E-state index contributed by atoms with van der Waals surface area (Å²) >= 11 is 11.8. The molecule has 0 spiro atoms. The zero-order valence-electron chi connectivity index (χ0n) is 13.7. The zero-order chi connectivity index (χ0) is 18.7. The number of unbranched alkanes of at least 4 members (excludes halogenated alkanes) is 1. The first-order valence-corrected chi connectivity index (χ1v) is 8.82. The number of halogens is 2. The highest BCUT2D eigenvalue weighted by Gasteiger charge is 2.34. The number of hydrogen-bond donors (Lipinski definition) is 0. The standard InChI is InChI=1S/C19H15Cl2NO4/c20-12-7-8-15(16(21)11-12)19(25)26-10-4-3-9-22-17(23)13-5-1-2-6-14(13)18(22)24/h1-2,5-8,11H,3-4,9-10H2. The summed E-state index contributed by atoms with van der Waals surface area (Å²) in [4.78, 5) is 37.7. The number of carbonyl (C=O) groups excluding carboxylic acids is 3. The highest BCUT2D eigenvalue weighted by atomic mass is 35.5. The number of amides is 2. The fourth-order valence-corrected chi connectivity index (χ4v) is 3.20. The van der Waals surface area contributed by atoms with E-state index in [2.05, 4.69) is 0 Å². The average molecular weight is 392 g/mol. The third-order valence-electron chi connectivity index (χ3n) is 4.04. The lowest BCUT2D eigenvalue weighted by Gasteiger charge is -2.13. The van der Waals surface area contributed by atoms with Crippen LogP contribution in [0.25, 0.3) is 0 Å². The molecule has 0 saturated carbocycles. The topological polar surface area (TPSA) is 63.7 Å². The van der Waals surface area contributed by atoms with E-state index in [1.54, 1.807) is 30.3 Å². The molecule has 1 aliphatic heterocycles. The molecule has 134 valence electrons. The summed E-state index contributed by atoms with van der Waals surface area (Å²) in [5, 5.41) is 0.668. The minimum absolute atomic E-state index is 0.168. The molecule has 2 amide bonds. The molecule has 0 fully saturated rings. The Morgan fingerprint density at radius 2 is 1.62 bits per heavy atom. The van der Waals surface area contributed by atoms with Crippen molar-refractivity contribution in [2.24, 2.45) is 0 Å². The molecule has 3 rings (SSSR count). The van der Waals surface area contributed by atoms with E-state index in [1.807, 2.05) is 0 Å². The van der Waals surface area contributed by atoms with Crippen LogP contribution in [0.1, 0.15) is 43.9 Å². The van der Waals surface area contributed by atoms with Crippen LogP contribution >= 0.6 is 23.2 Å². The predicted molar refractivity (Wildman–Crippen MR) is 97.8 cm³/mol. The van der Waals surface area contributed by atoms with Gasteiger partial charge in [-0.1, -0.05) is 35.3 Å². The molecule has 0 radical (unpaired) electrons. The fourth-order valence-electron chi connectivity index (χ4n) is 2.71. The lowest BCUT2D eigenvalue weighted by molar-refractivity contribution is 0.0486. The summed E-state index contributed by atoms with van der Waals surface area (Å²) in [6.45, 7) is 0.451. The first kappa shape index (κ1) is 18.4. The van der Waals surface area contributed by atoms with Gasteiger partial charge in [-0.2, -0.15) is 0 Å². The number of nitrogens with zero attached hydrogens (tertiary/aromatic N) is 1. The molecule has 2 aromatic carbocycles. The maximum absolute atomic E-state index is 12.2. The number of hydrogen-bond acceptors (Lipinski definition) is 4. The molecule has 0 atom stereocenters. The predicted octanol–water partition coefficient (Wildman–Crippen LogP) is 4.23. The van der Waals surface area contributed by atoms with Gasteiger partial charge in [-0.15, -0.1) is 0 Å². The van der Waals surface area contributed by atoms with Crippen molar-refractivity contribution >= 4 is 41.0 Å².